The number of hydrogen-bond donors (Lipinski definition) is 1. The van der Waals surface area contributed by atoms with Crippen molar-refractivity contribution in [2.24, 2.45) is 5.73 Å². The van der Waals surface area contributed by atoms with Crippen LogP contribution in [-0.4, -0.2) is 0 Å². The third-order valence-electron chi connectivity index (χ3n) is 2.39. The van der Waals surface area contributed by atoms with Crippen LogP contribution < -0.4 is 5.73 Å². The Labute approximate surface area is 90.5 Å². The first kappa shape index (κ1) is 11.7. The van der Waals surface area contributed by atoms with Gasteiger partial charge in [-0.3, -0.25) is 0 Å². The van der Waals surface area contributed by atoms with Gasteiger partial charge in [-0.05, 0) is 31.4 Å². The lowest BCUT2D eigenvalue weighted by atomic mass is 10.0. The van der Waals surface area contributed by atoms with Crippen LogP contribution in [0.3, 0.4) is 0 Å². The Morgan fingerprint density at radius 3 is 2.87 bits per heavy atom. The van der Waals surface area contributed by atoms with E-state index in [-0.39, 0.29) is 11.9 Å². The number of terminal acetylenes is 1. The lowest BCUT2D eigenvalue weighted by Crippen LogP contribution is -2.12. The second-order valence-corrected chi connectivity index (χ2v) is 3.73. The first-order valence-electron chi connectivity index (χ1n) is 5.10. The van der Waals surface area contributed by atoms with Gasteiger partial charge in [-0.25, -0.2) is 4.39 Å². The smallest absolute Gasteiger partial charge is 0.128 e. The summed E-state index contributed by atoms with van der Waals surface area (Å²) < 4.78 is 13.5. The van der Waals surface area contributed by atoms with Crippen LogP contribution in [0.5, 0.6) is 0 Å². The van der Waals surface area contributed by atoms with Crippen LogP contribution in [0.15, 0.2) is 18.2 Å². The van der Waals surface area contributed by atoms with Crippen molar-refractivity contribution in [1.82, 2.24) is 0 Å². The molecule has 0 bridgehead atoms. The molecule has 1 aromatic carbocycles. The Morgan fingerprint density at radius 2 is 2.27 bits per heavy atom. The van der Waals surface area contributed by atoms with E-state index >= 15 is 0 Å². The minimum absolute atomic E-state index is 0.219. The molecule has 2 heteroatoms. The van der Waals surface area contributed by atoms with Gasteiger partial charge in [0.25, 0.3) is 0 Å². The van der Waals surface area contributed by atoms with Gasteiger partial charge in [-0.1, -0.05) is 12.1 Å². The topological polar surface area (TPSA) is 26.0 Å². The molecule has 0 amide bonds. The first-order chi connectivity index (χ1) is 7.15. The first-order valence-corrected chi connectivity index (χ1v) is 5.10. The number of halogens is 1. The highest BCUT2D eigenvalue weighted by atomic mass is 19.1. The predicted octanol–water partition coefficient (Wildman–Crippen LogP) is 2.94. The molecule has 0 heterocycles. The van der Waals surface area contributed by atoms with Gasteiger partial charge in [0, 0.05) is 18.0 Å². The van der Waals surface area contributed by atoms with Gasteiger partial charge >= 0.3 is 0 Å². The van der Waals surface area contributed by atoms with Gasteiger partial charge in [0.1, 0.15) is 5.82 Å². The van der Waals surface area contributed by atoms with Crippen LogP contribution in [0.4, 0.5) is 4.39 Å². The predicted molar refractivity (Wildman–Crippen MR) is 60.7 cm³/mol. The highest BCUT2D eigenvalue weighted by Crippen LogP contribution is 2.20. The van der Waals surface area contributed by atoms with E-state index in [2.05, 4.69) is 5.92 Å². The summed E-state index contributed by atoms with van der Waals surface area (Å²) in [5, 5.41) is 0. The fraction of sp³-hybridized carbons (Fsp3) is 0.385. The van der Waals surface area contributed by atoms with E-state index in [0.29, 0.717) is 12.0 Å². The van der Waals surface area contributed by atoms with E-state index in [1.807, 2.05) is 13.0 Å². The van der Waals surface area contributed by atoms with Crippen molar-refractivity contribution in [2.45, 2.75) is 32.2 Å². The molecule has 0 saturated carbocycles. The lowest BCUT2D eigenvalue weighted by Gasteiger charge is -2.12. The van der Waals surface area contributed by atoms with Gasteiger partial charge in [0.15, 0.2) is 0 Å². The molecule has 0 aromatic heterocycles. The third kappa shape index (κ3) is 3.38. The zero-order chi connectivity index (χ0) is 11.3. The largest absolute Gasteiger partial charge is 0.324 e. The van der Waals surface area contributed by atoms with Crippen LogP contribution in [0.25, 0.3) is 0 Å². The number of hydrogen-bond acceptors (Lipinski definition) is 1. The molecule has 80 valence electrons. The summed E-state index contributed by atoms with van der Waals surface area (Å²) in [5.41, 5.74) is 7.37. The second kappa shape index (κ2) is 5.53. The zero-order valence-corrected chi connectivity index (χ0v) is 8.96. The van der Waals surface area contributed by atoms with Crippen molar-refractivity contribution in [3.8, 4) is 12.3 Å². The molecule has 1 nitrogen and oxygen atoms in total. The van der Waals surface area contributed by atoms with E-state index in [4.69, 9.17) is 12.2 Å². The molecule has 15 heavy (non-hydrogen) atoms. The van der Waals surface area contributed by atoms with Crippen molar-refractivity contribution in [2.75, 3.05) is 0 Å². The fourth-order valence-corrected chi connectivity index (χ4v) is 1.51. The molecule has 0 radical (unpaired) electrons. The van der Waals surface area contributed by atoms with Gasteiger partial charge in [0.2, 0.25) is 0 Å². The molecule has 0 saturated heterocycles. The van der Waals surface area contributed by atoms with Crippen molar-refractivity contribution in [1.29, 1.82) is 0 Å². The average molecular weight is 205 g/mol. The monoisotopic (exact) mass is 205 g/mol. The quantitative estimate of drug-likeness (QED) is 0.593. The van der Waals surface area contributed by atoms with Crippen LogP contribution in [0, 0.1) is 25.1 Å². The van der Waals surface area contributed by atoms with Crippen molar-refractivity contribution < 1.29 is 4.39 Å². The maximum absolute atomic E-state index is 13.5. The van der Waals surface area contributed by atoms with E-state index in [0.717, 1.165) is 18.4 Å². The summed E-state index contributed by atoms with van der Waals surface area (Å²) in [6.07, 6.45) is 7.40. The Morgan fingerprint density at radius 1 is 1.53 bits per heavy atom. The fourth-order valence-electron chi connectivity index (χ4n) is 1.51. The molecule has 0 aliphatic heterocycles. The van der Waals surface area contributed by atoms with Gasteiger partial charge in [-0.15, -0.1) is 12.3 Å². The minimum Gasteiger partial charge on any atom is -0.324 e. The average Bonchev–Trinajstić information content (AvgIpc) is 2.17. The molecule has 1 atom stereocenters. The molecule has 0 aliphatic carbocycles. The van der Waals surface area contributed by atoms with Gasteiger partial charge in [-0.2, -0.15) is 0 Å². The Kier molecular flexibility index (Phi) is 4.33. The minimum atomic E-state index is -0.251. The van der Waals surface area contributed by atoms with Crippen LogP contribution in [0.2, 0.25) is 0 Å². The van der Waals surface area contributed by atoms with Gasteiger partial charge < -0.3 is 5.73 Å². The molecule has 2 N–H and O–H groups in total. The van der Waals surface area contributed by atoms with Crippen molar-refractivity contribution >= 4 is 0 Å². The van der Waals surface area contributed by atoms with Crippen LogP contribution >= 0.6 is 0 Å². The van der Waals surface area contributed by atoms with E-state index < -0.39 is 0 Å². The maximum Gasteiger partial charge on any atom is 0.128 e. The Bertz CT molecular complexity index is 365. The summed E-state index contributed by atoms with van der Waals surface area (Å²) >= 11 is 0. The normalized spacial score (nSPS) is 12.1. The Balaban J connectivity index is 2.66. The molecule has 0 aliphatic rings. The third-order valence-corrected chi connectivity index (χ3v) is 2.39. The zero-order valence-electron chi connectivity index (χ0n) is 8.96. The highest BCUT2D eigenvalue weighted by molar-refractivity contribution is 5.25. The Hall–Kier alpha value is -1.33. The summed E-state index contributed by atoms with van der Waals surface area (Å²) in [5.74, 6) is 2.33. The number of unbranched alkanes of at least 4 members (excludes halogenated alkanes) is 1. The van der Waals surface area contributed by atoms with Gasteiger partial charge in [0.05, 0.1) is 0 Å². The molecular weight excluding hydrogens is 189 g/mol. The van der Waals surface area contributed by atoms with E-state index in [9.17, 15) is 4.39 Å². The maximum atomic E-state index is 13.5. The van der Waals surface area contributed by atoms with Crippen LogP contribution in [0.1, 0.15) is 36.4 Å². The number of aryl methyl sites for hydroxylation is 1. The van der Waals surface area contributed by atoms with E-state index in [1.165, 1.54) is 6.07 Å². The molecular formula is C13H16FN. The standard InChI is InChI=1S/C13H16FN/c1-3-4-5-6-13(15)11-8-7-10(2)9-12(11)14/h1,7-9,13H,4-6,15H2,2H3. The van der Waals surface area contributed by atoms with Crippen molar-refractivity contribution in [3.05, 3.63) is 35.1 Å². The molecule has 0 fully saturated rings. The SMILES string of the molecule is C#CCCCC(N)c1ccc(C)cc1F. The summed E-state index contributed by atoms with van der Waals surface area (Å²) in [4.78, 5) is 0. The van der Waals surface area contributed by atoms with Crippen LogP contribution in [-0.2, 0) is 0 Å². The number of nitrogens with two attached hydrogens (primary N) is 1. The molecule has 1 rings (SSSR count). The number of benzene rings is 1. The van der Waals surface area contributed by atoms with E-state index in [1.54, 1.807) is 6.07 Å². The second-order valence-electron chi connectivity index (χ2n) is 3.73. The number of rotatable bonds is 4. The molecule has 0 spiro atoms. The summed E-state index contributed by atoms with van der Waals surface area (Å²) in [6.45, 7) is 1.86. The van der Waals surface area contributed by atoms with Crippen molar-refractivity contribution in [3.63, 3.8) is 0 Å². The lowest BCUT2D eigenvalue weighted by molar-refractivity contribution is 0.553. The highest BCUT2D eigenvalue weighted by Gasteiger charge is 2.10. The summed E-state index contributed by atoms with van der Waals surface area (Å²) in [6, 6.07) is 4.89. The molecule has 1 aromatic rings. The summed E-state index contributed by atoms with van der Waals surface area (Å²) in [7, 11) is 0. The molecule has 1 unspecified atom stereocenters.